The number of halogens is 2. The lowest BCUT2D eigenvalue weighted by Gasteiger charge is -2.26. The third-order valence-electron chi connectivity index (χ3n) is 2.79. The van der Waals surface area contributed by atoms with Crippen LogP contribution in [0, 0.1) is 16.9 Å². The molecule has 0 atom stereocenters. The third kappa shape index (κ3) is 7.42. The van der Waals surface area contributed by atoms with Gasteiger partial charge in [-0.3, -0.25) is 9.59 Å². The highest BCUT2D eigenvalue weighted by Crippen LogP contribution is 2.32. The van der Waals surface area contributed by atoms with Gasteiger partial charge in [-0.05, 0) is 26.3 Å². The van der Waals surface area contributed by atoms with Crippen molar-refractivity contribution in [2.24, 2.45) is 5.41 Å². The number of carbonyl (C=O) groups is 2. The average molecular weight is 346 g/mol. The van der Waals surface area contributed by atoms with Crippen LogP contribution in [0.1, 0.15) is 26.7 Å². The smallest absolute Gasteiger partial charge is 0.324 e. The maximum absolute atomic E-state index is 12.5. The summed E-state index contributed by atoms with van der Waals surface area (Å²) in [4.78, 5) is 24.6. The van der Waals surface area contributed by atoms with E-state index in [1.54, 1.807) is 13.8 Å². The molecular formula is C16H24F2O4Si. The van der Waals surface area contributed by atoms with E-state index >= 15 is 0 Å². The third-order valence-corrected chi connectivity index (χ3v) is 3.72. The van der Waals surface area contributed by atoms with Gasteiger partial charge in [0.25, 0.3) is 6.08 Å². The Bertz CT molecular complexity index is 490. The van der Waals surface area contributed by atoms with Crippen LogP contribution >= 0.6 is 0 Å². The Hall–Kier alpha value is -1.68. The van der Waals surface area contributed by atoms with Crippen LogP contribution in [0.15, 0.2) is 12.2 Å². The quantitative estimate of drug-likeness (QED) is 0.306. The Morgan fingerprint density at radius 3 is 1.91 bits per heavy atom. The molecule has 0 aromatic carbocycles. The van der Waals surface area contributed by atoms with Crippen molar-refractivity contribution >= 4 is 20.0 Å². The summed E-state index contributed by atoms with van der Waals surface area (Å²) in [5, 5.41) is 0. The lowest BCUT2D eigenvalue weighted by molar-refractivity contribution is -0.171. The molecule has 0 bridgehead atoms. The van der Waals surface area contributed by atoms with Gasteiger partial charge in [0.2, 0.25) is 0 Å². The fourth-order valence-corrected chi connectivity index (χ4v) is 2.34. The van der Waals surface area contributed by atoms with E-state index in [-0.39, 0.29) is 19.6 Å². The average Bonchev–Trinajstić information content (AvgIpc) is 2.41. The van der Waals surface area contributed by atoms with Crippen LogP contribution in [0.25, 0.3) is 0 Å². The molecule has 0 aliphatic rings. The number of hydrogen-bond acceptors (Lipinski definition) is 4. The van der Waals surface area contributed by atoms with Crippen LogP contribution in [0.3, 0.4) is 0 Å². The van der Waals surface area contributed by atoms with Crippen LogP contribution in [-0.4, -0.2) is 33.2 Å². The van der Waals surface area contributed by atoms with Crippen molar-refractivity contribution in [2.45, 2.75) is 46.3 Å². The molecule has 0 N–H and O–H groups in total. The highest BCUT2D eigenvalue weighted by atomic mass is 28.3. The molecule has 0 aliphatic heterocycles. The maximum Gasteiger partial charge on any atom is 0.324 e. The van der Waals surface area contributed by atoms with E-state index < -0.39 is 37.9 Å². The summed E-state index contributed by atoms with van der Waals surface area (Å²) >= 11 is 0. The van der Waals surface area contributed by atoms with Gasteiger partial charge in [0, 0.05) is 6.42 Å². The molecule has 0 aliphatic carbocycles. The van der Waals surface area contributed by atoms with Crippen molar-refractivity contribution in [3.8, 4) is 11.5 Å². The molecule has 0 saturated heterocycles. The Kier molecular flexibility index (Phi) is 8.76. The highest BCUT2D eigenvalue weighted by Gasteiger charge is 2.48. The molecule has 0 spiro atoms. The summed E-state index contributed by atoms with van der Waals surface area (Å²) in [5.41, 5.74) is 1.16. The first-order valence-electron chi connectivity index (χ1n) is 7.44. The van der Waals surface area contributed by atoms with E-state index in [0.29, 0.717) is 6.08 Å². The monoisotopic (exact) mass is 346 g/mol. The SMILES string of the molecule is CCOC(=O)C(CC#C[Si](C)(C)C)(CC=C(F)F)C(=O)OCC. The normalized spacial score (nSPS) is 11.1. The highest BCUT2D eigenvalue weighted by molar-refractivity contribution is 6.83. The molecule has 0 heterocycles. The number of hydrogen-bond donors (Lipinski definition) is 0. The molecule has 0 fully saturated rings. The first-order valence-corrected chi connectivity index (χ1v) is 10.9. The molecule has 0 radical (unpaired) electrons. The van der Waals surface area contributed by atoms with Crippen molar-refractivity contribution < 1.29 is 27.8 Å². The molecule has 4 nitrogen and oxygen atoms in total. The zero-order chi connectivity index (χ0) is 18.1. The van der Waals surface area contributed by atoms with E-state index in [1.165, 1.54) is 0 Å². The topological polar surface area (TPSA) is 52.6 Å². The first-order chi connectivity index (χ1) is 10.6. The first kappa shape index (κ1) is 21.3. The number of ether oxygens (including phenoxy) is 2. The summed E-state index contributed by atoms with van der Waals surface area (Å²) in [6, 6.07) is 0. The van der Waals surface area contributed by atoms with E-state index in [0.717, 1.165) is 0 Å². The van der Waals surface area contributed by atoms with Crippen molar-refractivity contribution in [3.63, 3.8) is 0 Å². The number of allylic oxidation sites excluding steroid dienone is 1. The predicted octanol–water partition coefficient (Wildman–Crippen LogP) is 3.54. The second-order valence-electron chi connectivity index (χ2n) is 5.95. The minimum atomic E-state index is -1.97. The van der Waals surface area contributed by atoms with Gasteiger partial charge in [-0.2, -0.15) is 8.78 Å². The van der Waals surface area contributed by atoms with E-state index in [1.807, 2.05) is 19.6 Å². The molecule has 0 saturated carbocycles. The molecule has 130 valence electrons. The Balaban J connectivity index is 5.79. The maximum atomic E-state index is 12.5. The van der Waals surface area contributed by atoms with E-state index in [4.69, 9.17) is 9.47 Å². The van der Waals surface area contributed by atoms with Crippen molar-refractivity contribution in [1.82, 2.24) is 0 Å². The van der Waals surface area contributed by atoms with Gasteiger partial charge in [-0.25, -0.2) is 0 Å². The molecule has 0 rings (SSSR count). The minimum absolute atomic E-state index is 0.0310. The molecule has 0 amide bonds. The zero-order valence-corrected chi connectivity index (χ0v) is 15.3. The lowest BCUT2D eigenvalue weighted by Crippen LogP contribution is -2.41. The fraction of sp³-hybridized carbons (Fsp3) is 0.625. The second kappa shape index (κ2) is 9.45. The van der Waals surface area contributed by atoms with Crippen LogP contribution in [0.4, 0.5) is 8.78 Å². The molecule has 0 aromatic heterocycles. The van der Waals surface area contributed by atoms with Crippen molar-refractivity contribution in [1.29, 1.82) is 0 Å². The summed E-state index contributed by atoms with van der Waals surface area (Å²) in [7, 11) is -1.74. The lowest BCUT2D eigenvalue weighted by atomic mass is 9.81. The Labute approximate surface area is 137 Å². The Morgan fingerprint density at radius 1 is 1.09 bits per heavy atom. The summed E-state index contributed by atoms with van der Waals surface area (Å²) in [6.07, 6.45) is -2.16. The van der Waals surface area contributed by atoms with Gasteiger partial charge >= 0.3 is 11.9 Å². The summed E-state index contributed by atoms with van der Waals surface area (Å²) < 4.78 is 34.8. The van der Waals surface area contributed by atoms with Crippen LogP contribution in [0.2, 0.25) is 19.6 Å². The second-order valence-corrected chi connectivity index (χ2v) is 10.7. The molecular weight excluding hydrogens is 322 g/mol. The van der Waals surface area contributed by atoms with Gasteiger partial charge in [0.05, 0.1) is 13.2 Å². The molecule has 23 heavy (non-hydrogen) atoms. The Morgan fingerprint density at radius 2 is 1.57 bits per heavy atom. The zero-order valence-electron chi connectivity index (χ0n) is 14.3. The van der Waals surface area contributed by atoms with Crippen LogP contribution in [0.5, 0.6) is 0 Å². The molecule has 0 aromatic rings. The fourth-order valence-electron chi connectivity index (χ4n) is 1.72. The van der Waals surface area contributed by atoms with Gasteiger partial charge in [-0.15, -0.1) is 11.5 Å². The number of rotatable bonds is 7. The summed E-state index contributed by atoms with van der Waals surface area (Å²) in [5.74, 6) is 1.03. The summed E-state index contributed by atoms with van der Waals surface area (Å²) in [6.45, 7) is 9.21. The number of esters is 2. The molecule has 7 heteroatoms. The van der Waals surface area contributed by atoms with Crippen molar-refractivity contribution in [2.75, 3.05) is 13.2 Å². The van der Waals surface area contributed by atoms with Crippen LogP contribution < -0.4 is 0 Å². The van der Waals surface area contributed by atoms with Gasteiger partial charge < -0.3 is 9.47 Å². The number of carbonyl (C=O) groups excluding carboxylic acids is 2. The van der Waals surface area contributed by atoms with Gasteiger partial charge in [0.1, 0.15) is 8.07 Å². The minimum Gasteiger partial charge on any atom is -0.465 e. The molecule has 0 unspecified atom stereocenters. The van der Waals surface area contributed by atoms with Gasteiger partial charge in [-0.1, -0.05) is 19.6 Å². The van der Waals surface area contributed by atoms with Gasteiger partial charge in [0.15, 0.2) is 5.41 Å². The van der Waals surface area contributed by atoms with Crippen molar-refractivity contribution in [3.05, 3.63) is 12.2 Å². The van der Waals surface area contributed by atoms with E-state index in [9.17, 15) is 18.4 Å². The largest absolute Gasteiger partial charge is 0.465 e. The predicted molar refractivity (Wildman–Crippen MR) is 86.4 cm³/mol. The van der Waals surface area contributed by atoms with Crippen LogP contribution in [-0.2, 0) is 19.1 Å². The van der Waals surface area contributed by atoms with E-state index in [2.05, 4.69) is 11.5 Å². The standard InChI is InChI=1S/C16H24F2O4Si/c1-6-21-14(19)16(11-9-13(17)18,15(20)22-7-2)10-8-12-23(3,4)5/h9H,6-7,10-11H2,1-5H3.